The molecule has 1 aliphatic rings. The van der Waals surface area contributed by atoms with Crippen molar-refractivity contribution in [1.29, 1.82) is 0 Å². The third-order valence-corrected chi connectivity index (χ3v) is 6.73. The van der Waals surface area contributed by atoms with Crippen LogP contribution in [0.2, 0.25) is 0 Å². The molecule has 26 heavy (non-hydrogen) atoms. The van der Waals surface area contributed by atoms with Crippen LogP contribution in [0.4, 0.5) is 0 Å². The molecular weight excluding hydrogens is 348 g/mol. The van der Waals surface area contributed by atoms with Gasteiger partial charge in [-0.3, -0.25) is 4.98 Å². The fourth-order valence-electron chi connectivity index (χ4n) is 3.35. The van der Waals surface area contributed by atoms with Crippen LogP contribution in [0.15, 0.2) is 66.0 Å². The molecule has 3 aromatic rings. The number of aromatic amines is 1. The van der Waals surface area contributed by atoms with Gasteiger partial charge in [-0.25, -0.2) is 13.4 Å². The molecule has 1 fully saturated rings. The maximum absolute atomic E-state index is 12.9. The maximum Gasteiger partial charge on any atom is 0.243 e. The Morgan fingerprint density at radius 1 is 0.962 bits per heavy atom. The normalized spacial score (nSPS) is 16.6. The largest absolute Gasteiger partial charge is 0.348 e. The van der Waals surface area contributed by atoms with Crippen molar-refractivity contribution in [3.63, 3.8) is 0 Å². The molecule has 2 aromatic heterocycles. The second-order valence-electron chi connectivity index (χ2n) is 6.39. The number of H-pyrrole nitrogens is 1. The number of aromatic nitrogens is 3. The van der Waals surface area contributed by atoms with E-state index in [1.807, 2.05) is 36.5 Å². The Morgan fingerprint density at radius 3 is 2.35 bits per heavy atom. The molecule has 0 atom stereocenters. The quantitative estimate of drug-likeness (QED) is 0.768. The standard InChI is InChI=1S/C19H20N4O2S/c24-26(25,23-13-8-16(9-14-23)19-21-11-12-22-19)17-6-4-15(5-7-17)18-3-1-2-10-20-18/h1-7,10-12,16H,8-9,13-14H2,(H,21,22). The van der Waals surface area contributed by atoms with Gasteiger partial charge in [0, 0.05) is 43.2 Å². The Balaban J connectivity index is 1.48. The summed E-state index contributed by atoms with van der Waals surface area (Å²) >= 11 is 0. The number of hydrogen-bond donors (Lipinski definition) is 1. The third kappa shape index (κ3) is 3.27. The third-order valence-electron chi connectivity index (χ3n) is 4.81. The SMILES string of the molecule is O=S(=O)(c1ccc(-c2ccccn2)cc1)N1CCC(c2ncc[nH]2)CC1. The van der Waals surface area contributed by atoms with Crippen LogP contribution in [-0.4, -0.2) is 40.8 Å². The van der Waals surface area contributed by atoms with Crippen molar-refractivity contribution in [3.05, 3.63) is 66.9 Å². The second kappa shape index (κ2) is 7.01. The molecule has 1 aliphatic heterocycles. The first-order valence-electron chi connectivity index (χ1n) is 8.65. The van der Waals surface area contributed by atoms with Gasteiger partial charge in [0.1, 0.15) is 5.82 Å². The highest BCUT2D eigenvalue weighted by molar-refractivity contribution is 7.89. The molecule has 0 saturated carbocycles. The van der Waals surface area contributed by atoms with Gasteiger partial charge in [-0.1, -0.05) is 18.2 Å². The summed E-state index contributed by atoms with van der Waals surface area (Å²) in [6.07, 6.45) is 6.82. The molecule has 0 aliphatic carbocycles. The molecular formula is C19H20N4O2S. The summed E-state index contributed by atoms with van der Waals surface area (Å²) in [5.41, 5.74) is 1.73. The summed E-state index contributed by atoms with van der Waals surface area (Å²) in [5, 5.41) is 0. The molecule has 0 spiro atoms. The lowest BCUT2D eigenvalue weighted by atomic mass is 9.98. The number of imidazole rings is 1. The molecule has 1 N–H and O–H groups in total. The highest BCUT2D eigenvalue weighted by atomic mass is 32.2. The number of nitrogens with one attached hydrogen (secondary N) is 1. The van der Waals surface area contributed by atoms with Gasteiger partial charge in [0.15, 0.2) is 0 Å². The molecule has 1 aromatic carbocycles. The summed E-state index contributed by atoms with van der Waals surface area (Å²) in [7, 11) is -3.47. The Hall–Kier alpha value is -2.51. The summed E-state index contributed by atoms with van der Waals surface area (Å²) in [4.78, 5) is 12.0. The molecule has 6 nitrogen and oxygen atoms in total. The molecule has 134 valence electrons. The average molecular weight is 368 g/mol. The van der Waals surface area contributed by atoms with E-state index >= 15 is 0 Å². The molecule has 0 radical (unpaired) electrons. The number of sulfonamides is 1. The molecule has 3 heterocycles. The minimum absolute atomic E-state index is 0.294. The van der Waals surface area contributed by atoms with Crippen molar-refractivity contribution >= 4 is 10.0 Å². The van der Waals surface area contributed by atoms with E-state index in [0.29, 0.717) is 23.9 Å². The Bertz CT molecular complexity index is 947. The monoisotopic (exact) mass is 368 g/mol. The lowest BCUT2D eigenvalue weighted by molar-refractivity contribution is 0.314. The van der Waals surface area contributed by atoms with Gasteiger partial charge < -0.3 is 4.98 Å². The first-order valence-corrected chi connectivity index (χ1v) is 10.1. The van der Waals surface area contributed by atoms with Crippen molar-refractivity contribution < 1.29 is 8.42 Å². The Labute approximate surface area is 153 Å². The average Bonchev–Trinajstić information content (AvgIpc) is 3.24. The van der Waals surface area contributed by atoms with E-state index < -0.39 is 10.0 Å². The molecule has 0 amide bonds. The number of nitrogens with zero attached hydrogens (tertiary/aromatic N) is 3. The maximum atomic E-state index is 12.9. The van der Waals surface area contributed by atoms with E-state index in [2.05, 4.69) is 15.0 Å². The number of rotatable bonds is 4. The van der Waals surface area contributed by atoms with E-state index in [1.54, 1.807) is 28.8 Å². The highest BCUT2D eigenvalue weighted by Gasteiger charge is 2.30. The van der Waals surface area contributed by atoms with Gasteiger partial charge in [-0.2, -0.15) is 4.31 Å². The van der Waals surface area contributed by atoms with Crippen molar-refractivity contribution in [1.82, 2.24) is 19.3 Å². The van der Waals surface area contributed by atoms with Crippen LogP contribution in [0.1, 0.15) is 24.6 Å². The molecule has 7 heteroatoms. The summed E-state index contributed by atoms with van der Waals surface area (Å²) in [6.45, 7) is 1.02. The van der Waals surface area contributed by atoms with Crippen LogP contribution in [0, 0.1) is 0 Å². The summed E-state index contributed by atoms with van der Waals surface area (Å²) in [6, 6.07) is 12.6. The summed E-state index contributed by atoms with van der Waals surface area (Å²) in [5.74, 6) is 1.24. The molecule has 0 unspecified atom stereocenters. The van der Waals surface area contributed by atoms with Crippen molar-refractivity contribution in [2.24, 2.45) is 0 Å². The first-order chi connectivity index (χ1) is 12.6. The van der Waals surface area contributed by atoms with Gasteiger partial charge in [0.25, 0.3) is 0 Å². The fraction of sp³-hybridized carbons (Fsp3) is 0.263. The summed E-state index contributed by atoms with van der Waals surface area (Å²) < 4.78 is 27.4. The van der Waals surface area contributed by atoms with Gasteiger partial charge in [0.05, 0.1) is 10.6 Å². The predicted octanol–water partition coefficient (Wildman–Crippen LogP) is 3.04. The zero-order valence-electron chi connectivity index (χ0n) is 14.2. The predicted molar refractivity (Wildman–Crippen MR) is 99.0 cm³/mol. The molecule has 4 rings (SSSR count). The van der Waals surface area contributed by atoms with Crippen LogP contribution in [0.3, 0.4) is 0 Å². The Kier molecular flexibility index (Phi) is 4.57. The van der Waals surface area contributed by atoms with Crippen LogP contribution in [0.5, 0.6) is 0 Å². The fourth-order valence-corrected chi connectivity index (χ4v) is 4.82. The second-order valence-corrected chi connectivity index (χ2v) is 8.33. The lowest BCUT2D eigenvalue weighted by Gasteiger charge is -2.30. The van der Waals surface area contributed by atoms with Gasteiger partial charge in [-0.15, -0.1) is 0 Å². The van der Waals surface area contributed by atoms with E-state index in [1.165, 1.54) is 0 Å². The van der Waals surface area contributed by atoms with Crippen molar-refractivity contribution in [2.75, 3.05) is 13.1 Å². The lowest BCUT2D eigenvalue weighted by Crippen LogP contribution is -2.38. The molecule has 0 bridgehead atoms. The minimum atomic E-state index is -3.47. The molecule has 1 saturated heterocycles. The van der Waals surface area contributed by atoms with Crippen LogP contribution in [-0.2, 0) is 10.0 Å². The number of piperidine rings is 1. The first kappa shape index (κ1) is 16.9. The smallest absolute Gasteiger partial charge is 0.243 e. The van der Waals surface area contributed by atoms with Crippen molar-refractivity contribution in [3.8, 4) is 11.3 Å². The zero-order valence-corrected chi connectivity index (χ0v) is 15.1. The van der Waals surface area contributed by atoms with E-state index in [4.69, 9.17) is 0 Å². The zero-order chi connectivity index (χ0) is 18.0. The number of benzene rings is 1. The number of hydrogen-bond acceptors (Lipinski definition) is 4. The number of pyridine rings is 1. The van der Waals surface area contributed by atoms with Crippen LogP contribution >= 0.6 is 0 Å². The van der Waals surface area contributed by atoms with E-state index in [-0.39, 0.29) is 0 Å². The van der Waals surface area contributed by atoms with E-state index in [0.717, 1.165) is 29.9 Å². The van der Waals surface area contributed by atoms with E-state index in [9.17, 15) is 8.42 Å². The van der Waals surface area contributed by atoms with Gasteiger partial charge in [0.2, 0.25) is 10.0 Å². The van der Waals surface area contributed by atoms with Gasteiger partial charge in [-0.05, 0) is 37.1 Å². The Morgan fingerprint density at radius 2 is 1.73 bits per heavy atom. The minimum Gasteiger partial charge on any atom is -0.348 e. The topological polar surface area (TPSA) is 79.0 Å². The van der Waals surface area contributed by atoms with Crippen LogP contribution < -0.4 is 0 Å². The van der Waals surface area contributed by atoms with Crippen LogP contribution in [0.25, 0.3) is 11.3 Å². The van der Waals surface area contributed by atoms with Gasteiger partial charge >= 0.3 is 0 Å². The van der Waals surface area contributed by atoms with Crippen molar-refractivity contribution in [2.45, 2.75) is 23.7 Å². The highest BCUT2D eigenvalue weighted by Crippen LogP contribution is 2.29.